The fourth-order valence-corrected chi connectivity index (χ4v) is 1.40. The highest BCUT2D eigenvalue weighted by Gasteiger charge is 2.04. The van der Waals surface area contributed by atoms with Crippen LogP contribution < -0.4 is 9.47 Å². The van der Waals surface area contributed by atoms with Gasteiger partial charge in [-0.2, -0.15) is 0 Å². The monoisotopic (exact) mass is 234 g/mol. The number of methoxy groups -OCH3 is 1. The van der Waals surface area contributed by atoms with Crippen LogP contribution in [0.4, 0.5) is 0 Å². The van der Waals surface area contributed by atoms with E-state index in [4.69, 9.17) is 9.47 Å². The Morgan fingerprint density at radius 2 is 2.06 bits per heavy atom. The van der Waals surface area contributed by atoms with Crippen molar-refractivity contribution in [3.8, 4) is 11.5 Å². The zero-order chi connectivity index (χ0) is 12.5. The first-order chi connectivity index (χ1) is 8.31. The number of carbonyl (C=O) groups excluding carboxylic acids is 1. The zero-order valence-corrected chi connectivity index (χ0v) is 10.3. The van der Waals surface area contributed by atoms with Crippen LogP contribution in [0.2, 0.25) is 0 Å². The maximum Gasteiger partial charge on any atom is 0.161 e. The SMILES string of the molecule is CCC=CCCOc1ccc(C=O)cc1OC. The molecule has 0 bridgehead atoms. The van der Waals surface area contributed by atoms with Gasteiger partial charge in [0.2, 0.25) is 0 Å². The van der Waals surface area contributed by atoms with Crippen LogP contribution in [0.5, 0.6) is 11.5 Å². The fourth-order valence-electron chi connectivity index (χ4n) is 1.40. The molecule has 1 rings (SSSR count). The molecule has 0 spiro atoms. The third-order valence-electron chi connectivity index (χ3n) is 2.27. The van der Waals surface area contributed by atoms with Crippen LogP contribution in [0.3, 0.4) is 0 Å². The molecule has 0 aliphatic rings. The second-order valence-electron chi connectivity index (χ2n) is 3.54. The van der Waals surface area contributed by atoms with E-state index in [-0.39, 0.29) is 0 Å². The van der Waals surface area contributed by atoms with Gasteiger partial charge in [-0.25, -0.2) is 0 Å². The van der Waals surface area contributed by atoms with Gasteiger partial charge in [0.25, 0.3) is 0 Å². The summed E-state index contributed by atoms with van der Waals surface area (Å²) in [6, 6.07) is 5.14. The molecule has 0 amide bonds. The Morgan fingerprint density at radius 1 is 1.24 bits per heavy atom. The summed E-state index contributed by atoms with van der Waals surface area (Å²) in [6.45, 7) is 2.70. The van der Waals surface area contributed by atoms with E-state index in [1.54, 1.807) is 25.3 Å². The van der Waals surface area contributed by atoms with E-state index < -0.39 is 0 Å². The first-order valence-corrected chi connectivity index (χ1v) is 5.72. The van der Waals surface area contributed by atoms with Crippen LogP contribution in [0, 0.1) is 0 Å². The highest BCUT2D eigenvalue weighted by molar-refractivity contribution is 5.76. The van der Waals surface area contributed by atoms with Crippen molar-refractivity contribution in [2.24, 2.45) is 0 Å². The van der Waals surface area contributed by atoms with E-state index in [1.807, 2.05) is 0 Å². The molecule has 0 atom stereocenters. The van der Waals surface area contributed by atoms with Gasteiger partial charge < -0.3 is 9.47 Å². The van der Waals surface area contributed by atoms with Crippen molar-refractivity contribution in [1.29, 1.82) is 0 Å². The van der Waals surface area contributed by atoms with E-state index in [9.17, 15) is 4.79 Å². The Labute approximate surface area is 102 Å². The second-order valence-corrected chi connectivity index (χ2v) is 3.54. The molecule has 0 heterocycles. The lowest BCUT2D eigenvalue weighted by Crippen LogP contribution is -1.98. The van der Waals surface area contributed by atoms with Crippen molar-refractivity contribution in [3.63, 3.8) is 0 Å². The number of allylic oxidation sites excluding steroid dienone is 1. The van der Waals surface area contributed by atoms with Crippen LogP contribution in [0.15, 0.2) is 30.4 Å². The number of benzene rings is 1. The van der Waals surface area contributed by atoms with Gasteiger partial charge in [0.15, 0.2) is 11.5 Å². The molecule has 0 radical (unpaired) electrons. The lowest BCUT2D eigenvalue weighted by molar-refractivity contribution is 0.112. The molecule has 0 unspecified atom stereocenters. The molecule has 17 heavy (non-hydrogen) atoms. The van der Waals surface area contributed by atoms with Gasteiger partial charge in [-0.15, -0.1) is 0 Å². The fraction of sp³-hybridized carbons (Fsp3) is 0.357. The Balaban J connectivity index is 2.58. The molecule has 0 saturated heterocycles. The Morgan fingerprint density at radius 3 is 2.71 bits per heavy atom. The lowest BCUT2D eigenvalue weighted by atomic mass is 10.2. The molecule has 0 saturated carbocycles. The number of aldehydes is 1. The largest absolute Gasteiger partial charge is 0.493 e. The van der Waals surface area contributed by atoms with Gasteiger partial charge >= 0.3 is 0 Å². The van der Waals surface area contributed by atoms with Gasteiger partial charge in [0.1, 0.15) is 6.29 Å². The van der Waals surface area contributed by atoms with E-state index in [2.05, 4.69) is 19.1 Å². The molecule has 0 aliphatic heterocycles. The molecule has 0 aromatic heterocycles. The minimum absolute atomic E-state index is 0.583. The molecular formula is C14H18O3. The van der Waals surface area contributed by atoms with Crippen molar-refractivity contribution in [1.82, 2.24) is 0 Å². The van der Waals surface area contributed by atoms with Crippen LogP contribution in [-0.4, -0.2) is 20.0 Å². The Hall–Kier alpha value is -1.77. The quantitative estimate of drug-likeness (QED) is 0.413. The van der Waals surface area contributed by atoms with Crippen LogP contribution in [-0.2, 0) is 0 Å². The molecule has 0 aliphatic carbocycles. The van der Waals surface area contributed by atoms with Gasteiger partial charge in [0.05, 0.1) is 13.7 Å². The third kappa shape index (κ3) is 4.31. The highest BCUT2D eigenvalue weighted by atomic mass is 16.5. The molecule has 0 fully saturated rings. The average Bonchev–Trinajstić information content (AvgIpc) is 2.38. The van der Waals surface area contributed by atoms with Crippen LogP contribution in [0.25, 0.3) is 0 Å². The minimum atomic E-state index is 0.583. The van der Waals surface area contributed by atoms with Gasteiger partial charge in [-0.05, 0) is 31.0 Å². The Bertz CT molecular complexity index is 383. The lowest BCUT2D eigenvalue weighted by Gasteiger charge is -2.10. The molecule has 1 aromatic carbocycles. The summed E-state index contributed by atoms with van der Waals surface area (Å²) in [4.78, 5) is 10.6. The number of rotatable bonds is 7. The van der Waals surface area contributed by atoms with E-state index in [1.165, 1.54) is 0 Å². The van der Waals surface area contributed by atoms with E-state index in [0.29, 0.717) is 23.7 Å². The van der Waals surface area contributed by atoms with Crippen molar-refractivity contribution in [2.75, 3.05) is 13.7 Å². The van der Waals surface area contributed by atoms with E-state index in [0.717, 1.165) is 19.1 Å². The topological polar surface area (TPSA) is 35.5 Å². The van der Waals surface area contributed by atoms with Gasteiger partial charge in [-0.3, -0.25) is 4.79 Å². The summed E-state index contributed by atoms with van der Waals surface area (Å²) in [7, 11) is 1.56. The number of hydrogen-bond donors (Lipinski definition) is 0. The van der Waals surface area contributed by atoms with Crippen molar-refractivity contribution in [2.45, 2.75) is 19.8 Å². The second kappa shape index (κ2) is 7.49. The first-order valence-electron chi connectivity index (χ1n) is 5.72. The van der Waals surface area contributed by atoms with Crippen molar-refractivity contribution >= 4 is 6.29 Å². The van der Waals surface area contributed by atoms with Crippen LogP contribution in [0.1, 0.15) is 30.1 Å². The normalized spacial score (nSPS) is 10.5. The average molecular weight is 234 g/mol. The summed E-state index contributed by atoms with van der Waals surface area (Å²) < 4.78 is 10.7. The maximum absolute atomic E-state index is 10.6. The summed E-state index contributed by atoms with van der Waals surface area (Å²) >= 11 is 0. The predicted octanol–water partition coefficient (Wildman–Crippen LogP) is 3.24. The summed E-state index contributed by atoms with van der Waals surface area (Å²) in [5.74, 6) is 1.26. The third-order valence-corrected chi connectivity index (χ3v) is 2.27. The van der Waals surface area contributed by atoms with Gasteiger partial charge in [-0.1, -0.05) is 19.1 Å². The first kappa shape index (κ1) is 13.3. The molecule has 1 aromatic rings. The summed E-state index contributed by atoms with van der Waals surface area (Å²) in [5.41, 5.74) is 0.583. The van der Waals surface area contributed by atoms with Crippen molar-refractivity contribution in [3.05, 3.63) is 35.9 Å². The number of carbonyl (C=O) groups is 1. The Kier molecular flexibility index (Phi) is 5.86. The molecule has 0 N–H and O–H groups in total. The van der Waals surface area contributed by atoms with Crippen LogP contribution >= 0.6 is 0 Å². The predicted molar refractivity (Wildman–Crippen MR) is 67.9 cm³/mol. The number of ether oxygens (including phenoxy) is 2. The zero-order valence-electron chi connectivity index (χ0n) is 10.3. The highest BCUT2D eigenvalue weighted by Crippen LogP contribution is 2.27. The van der Waals surface area contributed by atoms with E-state index >= 15 is 0 Å². The van der Waals surface area contributed by atoms with Gasteiger partial charge in [0, 0.05) is 5.56 Å². The molecular weight excluding hydrogens is 216 g/mol. The summed E-state index contributed by atoms with van der Waals surface area (Å²) in [5, 5.41) is 0. The smallest absolute Gasteiger partial charge is 0.161 e. The summed E-state index contributed by atoms with van der Waals surface area (Å²) in [6.07, 6.45) is 6.89. The van der Waals surface area contributed by atoms with Crippen molar-refractivity contribution < 1.29 is 14.3 Å². The molecule has 3 nitrogen and oxygen atoms in total. The number of hydrogen-bond acceptors (Lipinski definition) is 3. The molecule has 92 valence electrons. The standard InChI is InChI=1S/C14H18O3/c1-3-4-5-6-9-17-13-8-7-12(11-15)10-14(13)16-2/h4-5,7-8,10-11H,3,6,9H2,1-2H3. The molecule has 3 heteroatoms. The minimum Gasteiger partial charge on any atom is -0.493 e. The maximum atomic E-state index is 10.6.